The number of aromatic nitrogens is 2. The molecule has 1 saturated heterocycles. The van der Waals surface area contributed by atoms with Gasteiger partial charge in [-0.25, -0.2) is 14.8 Å². The molecule has 9 heteroatoms. The molecule has 0 bridgehead atoms. The predicted molar refractivity (Wildman–Crippen MR) is 112 cm³/mol. The van der Waals surface area contributed by atoms with E-state index in [1.807, 2.05) is 25.1 Å². The average Bonchev–Trinajstić information content (AvgIpc) is 2.69. The highest BCUT2D eigenvalue weighted by atomic mass is 35.5. The molecule has 0 unspecified atom stereocenters. The average molecular weight is 405 g/mol. The molecule has 1 aliphatic heterocycles. The molecule has 0 saturated carbocycles. The summed E-state index contributed by atoms with van der Waals surface area (Å²) in [5, 5.41) is 6.87. The number of methoxy groups -OCH3 is 1. The maximum absolute atomic E-state index is 12.6. The van der Waals surface area contributed by atoms with Gasteiger partial charge in [0.05, 0.1) is 12.8 Å². The van der Waals surface area contributed by atoms with E-state index >= 15 is 0 Å². The second kappa shape index (κ2) is 8.97. The van der Waals surface area contributed by atoms with Crippen molar-refractivity contribution in [1.29, 1.82) is 0 Å². The minimum Gasteiger partial charge on any atom is -0.495 e. The number of hydrogen-bond acceptors (Lipinski definition) is 6. The van der Waals surface area contributed by atoms with Gasteiger partial charge in [0.2, 0.25) is 0 Å². The summed E-state index contributed by atoms with van der Waals surface area (Å²) in [5.41, 5.74) is 0.567. The van der Waals surface area contributed by atoms with E-state index in [9.17, 15) is 4.79 Å². The van der Waals surface area contributed by atoms with Crippen molar-refractivity contribution in [2.75, 3.05) is 49.8 Å². The van der Waals surface area contributed by atoms with Crippen LogP contribution in [0.25, 0.3) is 0 Å². The molecule has 2 heterocycles. The summed E-state index contributed by atoms with van der Waals surface area (Å²) in [4.78, 5) is 24.8. The smallest absolute Gasteiger partial charge is 0.321 e. The van der Waals surface area contributed by atoms with E-state index in [0.29, 0.717) is 29.5 Å². The number of likely N-dealkylation sites (tertiary alicyclic amines) is 1. The van der Waals surface area contributed by atoms with Crippen LogP contribution in [0, 0.1) is 0 Å². The first-order chi connectivity index (χ1) is 13.5. The minimum absolute atomic E-state index is 0.157. The zero-order chi connectivity index (χ0) is 20.1. The molecular weight excluding hydrogens is 380 g/mol. The Morgan fingerprint density at radius 2 is 2.00 bits per heavy atom. The summed E-state index contributed by atoms with van der Waals surface area (Å²) in [6.45, 7) is 1.30. The van der Waals surface area contributed by atoms with E-state index in [0.717, 1.165) is 24.5 Å². The van der Waals surface area contributed by atoms with Gasteiger partial charge < -0.3 is 25.2 Å². The lowest BCUT2D eigenvalue weighted by Gasteiger charge is -2.32. The number of nitrogens with one attached hydrogen (secondary N) is 2. The van der Waals surface area contributed by atoms with Gasteiger partial charge in [-0.2, -0.15) is 0 Å². The van der Waals surface area contributed by atoms with Crippen LogP contribution in [0.2, 0.25) is 5.02 Å². The lowest BCUT2D eigenvalue weighted by atomic mass is 10.1. The standard InChI is InChI=1S/C19H25ClN6O2/c1-25(2)18-11-17(21-12-22-18)23-14-6-8-26(9-7-14)19(27)24-15-10-13(20)4-5-16(15)28-3/h4-5,10-12,14H,6-9H2,1-3H3,(H,24,27)(H,21,22,23). The number of urea groups is 1. The van der Waals surface area contributed by atoms with Gasteiger partial charge in [-0.3, -0.25) is 0 Å². The first kappa shape index (κ1) is 20.0. The third-order valence-corrected chi connectivity index (χ3v) is 4.88. The highest BCUT2D eigenvalue weighted by Crippen LogP contribution is 2.28. The molecule has 1 aromatic heterocycles. The summed E-state index contributed by atoms with van der Waals surface area (Å²) in [5.74, 6) is 2.23. The van der Waals surface area contributed by atoms with Gasteiger partial charge in [-0.1, -0.05) is 11.6 Å². The molecule has 150 valence electrons. The van der Waals surface area contributed by atoms with Gasteiger partial charge in [0.1, 0.15) is 23.7 Å². The molecule has 0 spiro atoms. The summed E-state index contributed by atoms with van der Waals surface area (Å²) >= 11 is 6.03. The number of hydrogen-bond donors (Lipinski definition) is 2. The van der Waals surface area contributed by atoms with Crippen LogP contribution in [0.3, 0.4) is 0 Å². The number of amides is 2. The number of ether oxygens (including phenoxy) is 1. The van der Waals surface area contributed by atoms with Crippen molar-refractivity contribution in [2.45, 2.75) is 18.9 Å². The molecule has 1 fully saturated rings. The van der Waals surface area contributed by atoms with Crippen molar-refractivity contribution in [2.24, 2.45) is 0 Å². The monoisotopic (exact) mass is 404 g/mol. The number of anilines is 3. The molecule has 8 nitrogen and oxygen atoms in total. The number of halogens is 1. The van der Waals surface area contributed by atoms with Crippen LogP contribution in [0.1, 0.15) is 12.8 Å². The largest absolute Gasteiger partial charge is 0.495 e. The van der Waals surface area contributed by atoms with Crippen LogP contribution in [0.5, 0.6) is 5.75 Å². The Kier molecular flexibility index (Phi) is 6.41. The Labute approximate surface area is 169 Å². The summed E-state index contributed by atoms with van der Waals surface area (Å²) in [7, 11) is 5.45. The van der Waals surface area contributed by atoms with Crippen LogP contribution in [-0.2, 0) is 0 Å². The van der Waals surface area contributed by atoms with Crippen LogP contribution in [0.15, 0.2) is 30.6 Å². The van der Waals surface area contributed by atoms with Crippen LogP contribution in [-0.4, -0.2) is 61.2 Å². The number of carbonyl (C=O) groups excluding carboxylic acids is 1. The molecule has 0 aliphatic carbocycles. The third kappa shape index (κ3) is 4.95. The van der Waals surface area contributed by atoms with Gasteiger partial charge in [-0.05, 0) is 31.0 Å². The summed E-state index contributed by atoms with van der Waals surface area (Å²) in [6, 6.07) is 7.17. The second-order valence-electron chi connectivity index (χ2n) is 6.84. The SMILES string of the molecule is COc1ccc(Cl)cc1NC(=O)N1CCC(Nc2cc(N(C)C)ncn2)CC1. The lowest BCUT2D eigenvalue weighted by molar-refractivity contribution is 0.197. The molecule has 1 aromatic carbocycles. The van der Waals surface area contributed by atoms with Gasteiger partial charge in [-0.15, -0.1) is 0 Å². The molecule has 1 aliphatic rings. The van der Waals surface area contributed by atoms with Crippen molar-refractivity contribution in [3.63, 3.8) is 0 Å². The van der Waals surface area contributed by atoms with Crippen molar-refractivity contribution in [3.8, 4) is 5.75 Å². The molecule has 3 rings (SSSR count). The molecular formula is C19H25ClN6O2. The maximum atomic E-state index is 12.6. The van der Waals surface area contributed by atoms with E-state index in [-0.39, 0.29) is 12.1 Å². The fraction of sp³-hybridized carbons (Fsp3) is 0.421. The minimum atomic E-state index is -0.157. The van der Waals surface area contributed by atoms with Crippen molar-refractivity contribution in [3.05, 3.63) is 35.6 Å². The van der Waals surface area contributed by atoms with Crippen LogP contribution < -0.4 is 20.3 Å². The molecule has 2 amide bonds. The van der Waals surface area contributed by atoms with E-state index in [4.69, 9.17) is 16.3 Å². The molecule has 0 atom stereocenters. The Morgan fingerprint density at radius 1 is 1.25 bits per heavy atom. The van der Waals surface area contributed by atoms with Crippen molar-refractivity contribution in [1.82, 2.24) is 14.9 Å². The third-order valence-electron chi connectivity index (χ3n) is 4.65. The first-order valence-corrected chi connectivity index (χ1v) is 9.49. The Balaban J connectivity index is 1.54. The molecule has 2 aromatic rings. The number of benzene rings is 1. The van der Waals surface area contributed by atoms with Gasteiger partial charge in [0.25, 0.3) is 0 Å². The summed E-state index contributed by atoms with van der Waals surface area (Å²) < 4.78 is 5.28. The fourth-order valence-electron chi connectivity index (χ4n) is 3.08. The highest BCUT2D eigenvalue weighted by Gasteiger charge is 2.24. The molecule has 0 radical (unpaired) electrons. The fourth-order valence-corrected chi connectivity index (χ4v) is 3.25. The quantitative estimate of drug-likeness (QED) is 0.795. The van der Waals surface area contributed by atoms with E-state index in [2.05, 4.69) is 20.6 Å². The second-order valence-corrected chi connectivity index (χ2v) is 7.27. The van der Waals surface area contributed by atoms with Gasteiger partial charge in [0.15, 0.2) is 0 Å². The first-order valence-electron chi connectivity index (χ1n) is 9.11. The van der Waals surface area contributed by atoms with Gasteiger partial charge in [0, 0.05) is 44.3 Å². The van der Waals surface area contributed by atoms with Crippen molar-refractivity contribution < 1.29 is 9.53 Å². The topological polar surface area (TPSA) is 82.6 Å². The van der Waals surface area contributed by atoms with E-state index < -0.39 is 0 Å². The van der Waals surface area contributed by atoms with E-state index in [1.165, 1.54) is 0 Å². The van der Waals surface area contributed by atoms with Crippen LogP contribution >= 0.6 is 11.6 Å². The molecule has 2 N–H and O–H groups in total. The number of rotatable bonds is 5. The van der Waals surface area contributed by atoms with E-state index in [1.54, 1.807) is 36.5 Å². The Bertz CT molecular complexity index is 824. The predicted octanol–water partition coefficient (Wildman–Crippen LogP) is 3.31. The highest BCUT2D eigenvalue weighted by molar-refractivity contribution is 6.31. The van der Waals surface area contributed by atoms with Gasteiger partial charge >= 0.3 is 6.03 Å². The number of nitrogens with zero attached hydrogens (tertiary/aromatic N) is 4. The van der Waals surface area contributed by atoms with Crippen LogP contribution in [0.4, 0.5) is 22.1 Å². The number of carbonyl (C=O) groups is 1. The number of piperidine rings is 1. The Morgan fingerprint density at radius 3 is 2.68 bits per heavy atom. The zero-order valence-electron chi connectivity index (χ0n) is 16.3. The normalized spacial score (nSPS) is 14.5. The zero-order valence-corrected chi connectivity index (χ0v) is 17.0. The maximum Gasteiger partial charge on any atom is 0.321 e. The molecule has 28 heavy (non-hydrogen) atoms. The summed E-state index contributed by atoms with van der Waals surface area (Å²) in [6.07, 6.45) is 3.22. The Hall–Kier alpha value is -2.74. The lowest BCUT2D eigenvalue weighted by Crippen LogP contribution is -2.44. The van der Waals surface area contributed by atoms with Crippen molar-refractivity contribution >= 4 is 35.0 Å².